The molecular weight excluding hydrogens is 602 g/mol. The van der Waals surface area contributed by atoms with Crippen LogP contribution in [0.2, 0.25) is 25.7 Å². The van der Waals surface area contributed by atoms with E-state index in [9.17, 15) is 31.1 Å². The maximum absolute atomic E-state index is 13.8. The molecule has 2 aromatic heterocycles. The molecule has 3 rings (SSSR count). The molecule has 11 nitrogen and oxygen atoms in total. The van der Waals surface area contributed by atoms with E-state index in [1.165, 1.54) is 0 Å². The number of alkyl halides is 6. The standard InChI is InChI=1S/C25H38F6N8O3Si/c1-18(36-20-15-34-39(17-41-11-12-43(2,3)4)22(40)21(20)25(29,30)31)16-42-35-5-6-37-7-9-38(10-8-37)23-32-13-19(14-33-23)24(26,27)28/h13-15,18,35-36H,5-12,16-17H2,1-4H3/t18-/m0/s1. The quantitative estimate of drug-likeness (QED) is 0.138. The molecule has 1 aliphatic rings. The van der Waals surface area contributed by atoms with Crippen molar-refractivity contribution in [2.75, 3.05) is 62.7 Å². The lowest BCUT2D eigenvalue weighted by molar-refractivity contribution is -0.139. The van der Waals surface area contributed by atoms with Gasteiger partial charge >= 0.3 is 12.4 Å². The summed E-state index contributed by atoms with van der Waals surface area (Å²) in [5.74, 6) is 0.239. The first kappa shape index (κ1) is 34.7. The van der Waals surface area contributed by atoms with Gasteiger partial charge in [0, 0.05) is 72.4 Å². The molecule has 0 radical (unpaired) electrons. The van der Waals surface area contributed by atoms with Crippen molar-refractivity contribution in [2.24, 2.45) is 0 Å². The van der Waals surface area contributed by atoms with Crippen LogP contribution in [-0.4, -0.2) is 91.2 Å². The molecule has 2 N–H and O–H groups in total. The highest BCUT2D eigenvalue weighted by Crippen LogP contribution is 2.32. The van der Waals surface area contributed by atoms with Gasteiger partial charge in [0.25, 0.3) is 5.56 Å². The summed E-state index contributed by atoms with van der Waals surface area (Å²) in [6, 6.07) is 0.211. The Bertz CT molecular complexity index is 1220. The van der Waals surface area contributed by atoms with Crippen molar-refractivity contribution in [1.82, 2.24) is 30.1 Å². The number of aromatic nitrogens is 4. The third-order valence-corrected chi connectivity index (χ3v) is 8.23. The summed E-state index contributed by atoms with van der Waals surface area (Å²) < 4.78 is 85.5. The van der Waals surface area contributed by atoms with Crippen LogP contribution >= 0.6 is 0 Å². The fourth-order valence-electron chi connectivity index (χ4n) is 4.06. The van der Waals surface area contributed by atoms with Gasteiger partial charge < -0.3 is 15.0 Å². The Morgan fingerprint density at radius 3 is 2.23 bits per heavy atom. The third kappa shape index (κ3) is 11.0. The molecule has 2 aromatic rings. The summed E-state index contributed by atoms with van der Waals surface area (Å²) >= 11 is 0. The van der Waals surface area contributed by atoms with Crippen molar-refractivity contribution in [3.05, 3.63) is 40.1 Å². The molecule has 1 saturated heterocycles. The van der Waals surface area contributed by atoms with Crippen molar-refractivity contribution in [3.8, 4) is 0 Å². The Morgan fingerprint density at radius 2 is 1.65 bits per heavy atom. The zero-order valence-electron chi connectivity index (χ0n) is 24.6. The first-order chi connectivity index (χ1) is 20.0. The van der Waals surface area contributed by atoms with Gasteiger partial charge in [-0.1, -0.05) is 19.6 Å². The number of ether oxygens (including phenoxy) is 1. The molecule has 43 heavy (non-hydrogen) atoms. The fraction of sp³-hybridized carbons (Fsp3) is 0.680. The number of anilines is 2. The number of halogens is 6. The largest absolute Gasteiger partial charge is 0.423 e. The van der Waals surface area contributed by atoms with Gasteiger partial charge in [0.2, 0.25) is 5.95 Å². The molecule has 242 valence electrons. The molecule has 0 saturated carbocycles. The number of hydrogen-bond acceptors (Lipinski definition) is 10. The molecule has 0 unspecified atom stereocenters. The fourth-order valence-corrected chi connectivity index (χ4v) is 4.82. The Hall–Kier alpha value is -2.80. The number of rotatable bonds is 14. The molecule has 1 atom stereocenters. The van der Waals surface area contributed by atoms with Crippen molar-refractivity contribution in [2.45, 2.75) is 57.7 Å². The molecule has 1 aliphatic heterocycles. The number of piperazine rings is 1. The van der Waals surface area contributed by atoms with Gasteiger partial charge in [0.1, 0.15) is 12.3 Å². The van der Waals surface area contributed by atoms with Crippen LogP contribution < -0.4 is 21.3 Å². The molecule has 0 bridgehead atoms. The Labute approximate surface area is 246 Å². The van der Waals surface area contributed by atoms with E-state index in [1.807, 2.05) is 0 Å². The van der Waals surface area contributed by atoms with Gasteiger partial charge in [0.15, 0.2) is 0 Å². The van der Waals surface area contributed by atoms with E-state index in [0.29, 0.717) is 50.6 Å². The van der Waals surface area contributed by atoms with E-state index in [0.717, 1.165) is 24.6 Å². The maximum Gasteiger partial charge on any atom is 0.423 e. The van der Waals surface area contributed by atoms with Gasteiger partial charge in [-0.25, -0.2) is 20.1 Å². The number of hydrogen-bond donors (Lipinski definition) is 2. The summed E-state index contributed by atoms with van der Waals surface area (Å²) in [6.45, 7) is 11.3. The molecule has 18 heteroatoms. The van der Waals surface area contributed by atoms with Gasteiger partial charge in [-0.3, -0.25) is 14.5 Å². The number of hydroxylamine groups is 1. The Morgan fingerprint density at radius 1 is 1.00 bits per heavy atom. The molecule has 1 fully saturated rings. The average Bonchev–Trinajstić information content (AvgIpc) is 2.90. The second-order valence-electron chi connectivity index (χ2n) is 11.4. The van der Waals surface area contributed by atoms with Crippen molar-refractivity contribution < 1.29 is 35.9 Å². The number of nitrogens with zero attached hydrogens (tertiary/aromatic N) is 6. The zero-order valence-corrected chi connectivity index (χ0v) is 25.6. The topological polar surface area (TPSA) is 110 Å². The lowest BCUT2D eigenvalue weighted by Gasteiger charge is -2.34. The summed E-state index contributed by atoms with van der Waals surface area (Å²) in [7, 11) is -1.40. The van der Waals surface area contributed by atoms with E-state index >= 15 is 0 Å². The zero-order chi connectivity index (χ0) is 31.8. The third-order valence-electron chi connectivity index (χ3n) is 6.53. The molecule has 0 spiro atoms. The highest BCUT2D eigenvalue weighted by Gasteiger charge is 2.38. The lowest BCUT2D eigenvalue weighted by Crippen LogP contribution is -2.48. The Kier molecular flexibility index (Phi) is 11.9. The van der Waals surface area contributed by atoms with Crippen molar-refractivity contribution in [3.63, 3.8) is 0 Å². The van der Waals surface area contributed by atoms with Crippen LogP contribution in [0.5, 0.6) is 0 Å². The SMILES string of the molecule is C[C@@H](CONCCN1CCN(c2ncc(C(F)(F)F)cn2)CC1)Nc1cnn(COCC[Si](C)(C)C)c(=O)c1C(F)(F)F. The van der Waals surface area contributed by atoms with Gasteiger partial charge in [-0.2, -0.15) is 31.4 Å². The number of nitrogens with one attached hydrogen (secondary N) is 2. The lowest BCUT2D eigenvalue weighted by atomic mass is 10.2. The van der Waals surface area contributed by atoms with E-state index in [-0.39, 0.29) is 19.3 Å². The first-order valence-corrected chi connectivity index (χ1v) is 17.5. The maximum atomic E-state index is 13.8. The van der Waals surface area contributed by atoms with Crippen LogP contribution in [0.4, 0.5) is 38.0 Å². The van der Waals surface area contributed by atoms with Crippen molar-refractivity contribution >= 4 is 19.7 Å². The van der Waals surface area contributed by atoms with Gasteiger partial charge in [-0.05, 0) is 13.0 Å². The van der Waals surface area contributed by atoms with E-state index in [1.54, 1.807) is 11.8 Å². The highest BCUT2D eigenvalue weighted by molar-refractivity contribution is 6.76. The van der Waals surface area contributed by atoms with Gasteiger partial charge in [-0.15, -0.1) is 0 Å². The van der Waals surface area contributed by atoms with Crippen LogP contribution in [0.3, 0.4) is 0 Å². The molecule has 0 aromatic carbocycles. The molecule has 0 amide bonds. The summed E-state index contributed by atoms with van der Waals surface area (Å²) in [5.41, 5.74) is -1.21. The summed E-state index contributed by atoms with van der Waals surface area (Å²) in [6.07, 6.45) is -6.88. The monoisotopic (exact) mass is 640 g/mol. The van der Waals surface area contributed by atoms with Crippen LogP contribution in [0.1, 0.15) is 18.1 Å². The average molecular weight is 641 g/mol. The minimum atomic E-state index is -4.90. The second-order valence-corrected chi connectivity index (χ2v) is 17.1. The van der Waals surface area contributed by atoms with E-state index in [4.69, 9.17) is 9.57 Å². The minimum absolute atomic E-state index is 0.000771. The van der Waals surface area contributed by atoms with Crippen LogP contribution in [0, 0.1) is 0 Å². The van der Waals surface area contributed by atoms with Crippen molar-refractivity contribution in [1.29, 1.82) is 0 Å². The molecule has 3 heterocycles. The van der Waals surface area contributed by atoms with Crippen LogP contribution in [-0.2, 0) is 28.7 Å². The van der Waals surface area contributed by atoms with Crippen LogP contribution in [0.15, 0.2) is 23.4 Å². The first-order valence-electron chi connectivity index (χ1n) is 13.8. The molecular formula is C25H38F6N8O3Si. The summed E-state index contributed by atoms with van der Waals surface area (Å²) in [5, 5.41) is 6.51. The van der Waals surface area contributed by atoms with Crippen LogP contribution in [0.25, 0.3) is 0 Å². The van der Waals surface area contributed by atoms with E-state index < -0.39 is 48.8 Å². The predicted octanol–water partition coefficient (Wildman–Crippen LogP) is 3.53. The van der Waals surface area contributed by atoms with E-state index in [2.05, 4.69) is 50.4 Å². The predicted molar refractivity (Wildman–Crippen MR) is 150 cm³/mol. The smallest absolute Gasteiger partial charge is 0.378 e. The molecule has 0 aliphatic carbocycles. The Balaban J connectivity index is 1.40. The normalized spacial score (nSPS) is 16.0. The second kappa shape index (κ2) is 14.8. The summed E-state index contributed by atoms with van der Waals surface area (Å²) in [4.78, 5) is 29.5. The van der Waals surface area contributed by atoms with Gasteiger partial charge in [0.05, 0.1) is 24.1 Å². The highest BCUT2D eigenvalue weighted by atomic mass is 28.3. The minimum Gasteiger partial charge on any atom is -0.378 e.